The van der Waals surface area contributed by atoms with Gasteiger partial charge in [0.1, 0.15) is 0 Å². The topological polar surface area (TPSA) is 0 Å². The Kier molecular flexibility index (Phi) is 4.76. The minimum atomic E-state index is -1.31. The standard InChI is InChI=1S/C10H24Ge/c1-9(2)7-11(5,6)8-10(3)4/h9-10H,7-8H2,1-6H3. The Hall–Kier alpha value is 0.543. The van der Waals surface area contributed by atoms with Gasteiger partial charge in [-0.15, -0.1) is 0 Å². The molecule has 0 aliphatic rings. The van der Waals surface area contributed by atoms with E-state index in [9.17, 15) is 0 Å². The zero-order valence-electron chi connectivity index (χ0n) is 9.07. The fraction of sp³-hybridized carbons (Fsp3) is 1.00. The van der Waals surface area contributed by atoms with Gasteiger partial charge in [-0.2, -0.15) is 0 Å². The summed E-state index contributed by atoms with van der Waals surface area (Å²) in [6.07, 6.45) is 0. The van der Waals surface area contributed by atoms with E-state index >= 15 is 0 Å². The van der Waals surface area contributed by atoms with Crippen molar-refractivity contribution in [3.05, 3.63) is 0 Å². The van der Waals surface area contributed by atoms with E-state index in [1.54, 1.807) is 0 Å². The molecule has 1 heteroatoms. The average molecular weight is 217 g/mol. The third-order valence-corrected chi connectivity index (χ3v) is 9.99. The van der Waals surface area contributed by atoms with Crippen LogP contribution in [0.5, 0.6) is 0 Å². The quantitative estimate of drug-likeness (QED) is 0.624. The third kappa shape index (κ3) is 6.92. The van der Waals surface area contributed by atoms with Crippen LogP contribution in [-0.4, -0.2) is 13.3 Å². The Morgan fingerprint density at radius 2 is 1.09 bits per heavy atom. The van der Waals surface area contributed by atoms with Gasteiger partial charge in [-0.1, -0.05) is 0 Å². The second kappa shape index (κ2) is 4.54. The van der Waals surface area contributed by atoms with Crippen molar-refractivity contribution in [2.24, 2.45) is 11.8 Å². The van der Waals surface area contributed by atoms with Gasteiger partial charge in [-0.3, -0.25) is 0 Å². The summed E-state index contributed by atoms with van der Waals surface area (Å²) in [4.78, 5) is 0. The Morgan fingerprint density at radius 3 is 1.27 bits per heavy atom. The Balaban J connectivity index is 3.79. The summed E-state index contributed by atoms with van der Waals surface area (Å²) in [6, 6.07) is 0. The molecule has 0 nitrogen and oxygen atoms in total. The van der Waals surface area contributed by atoms with Gasteiger partial charge in [0.2, 0.25) is 0 Å². The van der Waals surface area contributed by atoms with Crippen molar-refractivity contribution >= 4 is 13.3 Å². The number of hydrogen-bond acceptors (Lipinski definition) is 0. The van der Waals surface area contributed by atoms with E-state index in [0.717, 1.165) is 11.8 Å². The van der Waals surface area contributed by atoms with Crippen molar-refractivity contribution in [2.45, 2.75) is 49.7 Å². The van der Waals surface area contributed by atoms with Crippen LogP contribution in [0.1, 0.15) is 27.7 Å². The predicted molar refractivity (Wildman–Crippen MR) is 56.8 cm³/mol. The molecular weight excluding hydrogens is 193 g/mol. The van der Waals surface area contributed by atoms with Crippen LogP contribution in [0.25, 0.3) is 0 Å². The molecular formula is C10H24Ge. The van der Waals surface area contributed by atoms with Gasteiger partial charge in [0.25, 0.3) is 0 Å². The molecule has 0 aromatic carbocycles. The molecule has 0 aromatic rings. The maximum atomic E-state index is 2.57. The van der Waals surface area contributed by atoms with Gasteiger partial charge < -0.3 is 0 Å². The van der Waals surface area contributed by atoms with Crippen LogP contribution in [-0.2, 0) is 0 Å². The Morgan fingerprint density at radius 1 is 0.818 bits per heavy atom. The van der Waals surface area contributed by atoms with Gasteiger partial charge in [-0.05, 0) is 0 Å². The first-order valence-corrected chi connectivity index (χ1v) is 12.0. The van der Waals surface area contributed by atoms with E-state index in [-0.39, 0.29) is 0 Å². The van der Waals surface area contributed by atoms with Crippen LogP contribution in [0, 0.1) is 11.8 Å². The van der Waals surface area contributed by atoms with Crippen molar-refractivity contribution in [2.75, 3.05) is 0 Å². The van der Waals surface area contributed by atoms with Crippen LogP contribution >= 0.6 is 0 Å². The summed E-state index contributed by atoms with van der Waals surface area (Å²) in [5.74, 6) is 6.98. The third-order valence-electron chi connectivity index (χ3n) is 1.92. The molecule has 0 unspecified atom stereocenters. The summed E-state index contributed by atoms with van der Waals surface area (Å²) < 4.78 is 0. The van der Waals surface area contributed by atoms with Crippen LogP contribution in [0.2, 0.25) is 22.0 Å². The van der Waals surface area contributed by atoms with E-state index in [0.29, 0.717) is 0 Å². The molecule has 0 aromatic heterocycles. The molecule has 0 spiro atoms. The first kappa shape index (κ1) is 11.5. The van der Waals surface area contributed by atoms with E-state index in [2.05, 4.69) is 39.2 Å². The zero-order valence-corrected chi connectivity index (χ0v) is 11.2. The first-order chi connectivity index (χ1) is 4.83. The Bertz CT molecular complexity index is 91.4. The van der Waals surface area contributed by atoms with Gasteiger partial charge >= 0.3 is 74.8 Å². The molecule has 0 amide bonds. The van der Waals surface area contributed by atoms with Crippen LogP contribution in [0.3, 0.4) is 0 Å². The number of rotatable bonds is 4. The molecule has 0 fully saturated rings. The van der Waals surface area contributed by atoms with Crippen LogP contribution in [0.15, 0.2) is 0 Å². The van der Waals surface area contributed by atoms with Crippen molar-refractivity contribution in [1.82, 2.24) is 0 Å². The van der Waals surface area contributed by atoms with Crippen molar-refractivity contribution in [1.29, 1.82) is 0 Å². The SMILES string of the molecule is CC(C)[CH2][Ge]([CH3])([CH3])[CH2]C(C)C. The van der Waals surface area contributed by atoms with Gasteiger partial charge in [0.05, 0.1) is 0 Å². The van der Waals surface area contributed by atoms with E-state index in [1.165, 1.54) is 10.5 Å². The molecule has 0 rings (SSSR count). The molecule has 0 N–H and O–H groups in total. The number of hydrogen-bond donors (Lipinski definition) is 0. The molecule has 0 saturated heterocycles. The molecule has 0 aliphatic heterocycles. The summed E-state index contributed by atoms with van der Waals surface area (Å²) in [6.45, 7) is 9.42. The Labute approximate surface area is 75.1 Å². The zero-order chi connectivity index (χ0) is 9.07. The van der Waals surface area contributed by atoms with Crippen molar-refractivity contribution < 1.29 is 0 Å². The molecule has 0 radical (unpaired) electrons. The molecule has 0 bridgehead atoms. The fourth-order valence-electron chi connectivity index (χ4n) is 2.29. The van der Waals surface area contributed by atoms with Gasteiger partial charge in [0.15, 0.2) is 0 Å². The van der Waals surface area contributed by atoms with Gasteiger partial charge in [-0.25, -0.2) is 0 Å². The molecule has 0 aliphatic carbocycles. The molecule has 68 valence electrons. The van der Waals surface area contributed by atoms with Crippen LogP contribution < -0.4 is 0 Å². The normalized spacial score (nSPS) is 13.1. The second-order valence-electron chi connectivity index (χ2n) is 5.36. The average Bonchev–Trinajstić information content (AvgIpc) is 1.53. The van der Waals surface area contributed by atoms with E-state index < -0.39 is 13.3 Å². The molecule has 11 heavy (non-hydrogen) atoms. The predicted octanol–water partition coefficient (Wildman–Crippen LogP) is 4.01. The van der Waals surface area contributed by atoms with Crippen molar-refractivity contribution in [3.63, 3.8) is 0 Å². The van der Waals surface area contributed by atoms with Crippen molar-refractivity contribution in [3.8, 4) is 0 Å². The van der Waals surface area contributed by atoms with Crippen LogP contribution in [0.4, 0.5) is 0 Å². The monoisotopic (exact) mass is 218 g/mol. The summed E-state index contributed by atoms with van der Waals surface area (Å²) in [7, 11) is 0. The summed E-state index contributed by atoms with van der Waals surface area (Å²) in [5.41, 5.74) is 0. The second-order valence-corrected chi connectivity index (χ2v) is 16.2. The first-order valence-electron chi connectivity index (χ1n) is 4.83. The molecule has 0 saturated carbocycles. The molecule has 0 atom stereocenters. The summed E-state index contributed by atoms with van der Waals surface area (Å²) in [5, 5.41) is 3.08. The van der Waals surface area contributed by atoms with E-state index in [1.807, 2.05) is 0 Å². The van der Waals surface area contributed by atoms with E-state index in [4.69, 9.17) is 0 Å². The molecule has 0 heterocycles. The summed E-state index contributed by atoms with van der Waals surface area (Å²) >= 11 is -1.31. The minimum absolute atomic E-state index is 0.920. The fourth-order valence-corrected chi connectivity index (χ4v) is 11.9. The maximum absolute atomic E-state index is 2.57. The van der Waals surface area contributed by atoms with Gasteiger partial charge in [0, 0.05) is 0 Å².